The summed E-state index contributed by atoms with van der Waals surface area (Å²) in [5.41, 5.74) is 0.725. The first-order valence-corrected chi connectivity index (χ1v) is 7.57. The molecule has 0 aliphatic carbocycles. The summed E-state index contributed by atoms with van der Waals surface area (Å²) in [4.78, 5) is 35.0. The van der Waals surface area contributed by atoms with Gasteiger partial charge in [0.15, 0.2) is 0 Å². The predicted octanol–water partition coefficient (Wildman–Crippen LogP) is 3.24. The lowest BCUT2D eigenvalue weighted by molar-refractivity contribution is -0.384. The summed E-state index contributed by atoms with van der Waals surface area (Å²) in [5, 5.41) is 22.4. The lowest BCUT2D eigenvalue weighted by Crippen LogP contribution is -2.44. The molecule has 0 saturated carbocycles. The van der Waals surface area contributed by atoms with Gasteiger partial charge >= 0.3 is 12.0 Å². The fourth-order valence-corrected chi connectivity index (χ4v) is 2.17. The lowest BCUT2D eigenvalue weighted by atomic mass is 10.1. The molecule has 0 radical (unpaired) electrons. The number of nitro benzene ring substituents is 1. The molecule has 0 aromatic heterocycles. The van der Waals surface area contributed by atoms with Gasteiger partial charge in [0.2, 0.25) is 0 Å². The van der Waals surface area contributed by atoms with Crippen LogP contribution in [0, 0.1) is 15.9 Å². The number of halogens is 1. The molecule has 2 rings (SSSR count). The first-order chi connectivity index (χ1) is 12.3. The molecule has 0 fully saturated rings. The number of hydrogen-bond donors (Lipinski definition) is 2. The van der Waals surface area contributed by atoms with Gasteiger partial charge < -0.3 is 15.3 Å². The number of nitro groups is 1. The van der Waals surface area contributed by atoms with Gasteiger partial charge in [-0.05, 0) is 36.8 Å². The van der Waals surface area contributed by atoms with Crippen molar-refractivity contribution >= 4 is 23.4 Å². The van der Waals surface area contributed by atoms with Crippen molar-refractivity contribution in [2.75, 3.05) is 5.32 Å². The summed E-state index contributed by atoms with van der Waals surface area (Å²) in [7, 11) is 0. The molecule has 0 aliphatic heterocycles. The van der Waals surface area contributed by atoms with Crippen molar-refractivity contribution < 1.29 is 24.0 Å². The molecule has 2 amide bonds. The van der Waals surface area contributed by atoms with E-state index in [4.69, 9.17) is 0 Å². The first kappa shape index (κ1) is 18.8. The van der Waals surface area contributed by atoms with Gasteiger partial charge in [0.25, 0.3) is 5.69 Å². The second kappa shape index (κ2) is 8.06. The number of carboxylic acids is 1. The maximum atomic E-state index is 12.9. The molecule has 8 nitrogen and oxygen atoms in total. The van der Waals surface area contributed by atoms with Crippen molar-refractivity contribution in [3.05, 3.63) is 70.0 Å². The molecule has 1 atom stereocenters. The summed E-state index contributed by atoms with van der Waals surface area (Å²) in [5.74, 6) is -1.68. The van der Waals surface area contributed by atoms with E-state index in [2.05, 4.69) is 5.32 Å². The molecule has 9 heteroatoms. The Morgan fingerprint density at radius 3 is 2.27 bits per heavy atom. The zero-order chi connectivity index (χ0) is 19.3. The van der Waals surface area contributed by atoms with Gasteiger partial charge in [-0.3, -0.25) is 10.1 Å². The molecular formula is C17H16FN3O5. The maximum absolute atomic E-state index is 12.9. The van der Waals surface area contributed by atoms with Crippen LogP contribution in [-0.4, -0.2) is 33.0 Å². The second-order valence-corrected chi connectivity index (χ2v) is 5.50. The Hall–Kier alpha value is -3.49. The van der Waals surface area contributed by atoms with E-state index in [1.54, 1.807) is 0 Å². The Morgan fingerprint density at radius 1 is 1.19 bits per heavy atom. The fraction of sp³-hybridized carbons (Fsp3) is 0.176. The number of amides is 2. The molecule has 0 aliphatic rings. The van der Waals surface area contributed by atoms with Crippen LogP contribution >= 0.6 is 0 Å². The minimum atomic E-state index is -1.21. The Bertz CT molecular complexity index is 808. The quantitative estimate of drug-likeness (QED) is 0.606. The highest BCUT2D eigenvalue weighted by Crippen LogP contribution is 2.17. The van der Waals surface area contributed by atoms with Crippen molar-refractivity contribution in [2.24, 2.45) is 0 Å². The Morgan fingerprint density at radius 2 is 1.77 bits per heavy atom. The Balaban J connectivity index is 2.19. The number of carbonyl (C=O) groups excluding carboxylic acids is 1. The van der Waals surface area contributed by atoms with Crippen LogP contribution in [0.1, 0.15) is 12.5 Å². The third-order valence-corrected chi connectivity index (χ3v) is 3.68. The molecule has 0 bridgehead atoms. The summed E-state index contributed by atoms with van der Waals surface area (Å²) in [6.45, 7) is 1.27. The number of benzene rings is 2. The van der Waals surface area contributed by atoms with Gasteiger partial charge in [0.1, 0.15) is 11.9 Å². The molecule has 0 saturated heterocycles. The van der Waals surface area contributed by atoms with Gasteiger partial charge in [-0.25, -0.2) is 14.0 Å². The molecule has 2 N–H and O–H groups in total. The zero-order valence-electron chi connectivity index (χ0n) is 13.8. The molecule has 2 aromatic rings. The van der Waals surface area contributed by atoms with Crippen molar-refractivity contribution in [2.45, 2.75) is 19.5 Å². The normalized spacial score (nSPS) is 11.5. The number of nitrogens with zero attached hydrogens (tertiary/aromatic N) is 2. The highest BCUT2D eigenvalue weighted by Gasteiger charge is 2.26. The lowest BCUT2D eigenvalue weighted by Gasteiger charge is -2.27. The van der Waals surface area contributed by atoms with Crippen LogP contribution in [0.2, 0.25) is 0 Å². The minimum Gasteiger partial charge on any atom is -0.480 e. The molecule has 2 aromatic carbocycles. The van der Waals surface area contributed by atoms with Gasteiger partial charge in [-0.2, -0.15) is 0 Å². The van der Waals surface area contributed by atoms with E-state index >= 15 is 0 Å². The smallest absolute Gasteiger partial charge is 0.326 e. The van der Waals surface area contributed by atoms with Gasteiger partial charge in [0, 0.05) is 24.4 Å². The number of aliphatic carboxylic acids is 1. The molecule has 0 spiro atoms. The summed E-state index contributed by atoms with van der Waals surface area (Å²) >= 11 is 0. The van der Waals surface area contributed by atoms with Crippen LogP contribution in [0.25, 0.3) is 0 Å². The highest BCUT2D eigenvalue weighted by molar-refractivity contribution is 5.92. The van der Waals surface area contributed by atoms with Crippen molar-refractivity contribution in [1.82, 2.24) is 4.90 Å². The second-order valence-electron chi connectivity index (χ2n) is 5.50. The molecule has 0 unspecified atom stereocenters. The standard InChI is InChI=1S/C17H16FN3O5/c1-11(16(22)23)20(10-12-2-8-15(9-3-12)21(25)26)17(24)19-14-6-4-13(18)5-7-14/h2-9,11H,10H2,1H3,(H,19,24)(H,22,23)/t11-/m0/s1. The molecular weight excluding hydrogens is 345 g/mol. The number of hydrogen-bond acceptors (Lipinski definition) is 4. The van der Waals surface area contributed by atoms with Crippen molar-refractivity contribution in [1.29, 1.82) is 0 Å². The minimum absolute atomic E-state index is 0.0709. The Kier molecular flexibility index (Phi) is 5.84. The number of rotatable bonds is 6. The van der Waals surface area contributed by atoms with E-state index in [0.29, 0.717) is 11.3 Å². The number of anilines is 1. The number of urea groups is 1. The number of carbonyl (C=O) groups is 2. The van der Waals surface area contributed by atoms with Gasteiger partial charge in [-0.15, -0.1) is 0 Å². The fourth-order valence-electron chi connectivity index (χ4n) is 2.17. The van der Waals surface area contributed by atoms with E-state index in [-0.39, 0.29) is 12.2 Å². The van der Waals surface area contributed by atoms with Crippen LogP contribution in [0.3, 0.4) is 0 Å². The number of carboxylic acid groups (broad SMARTS) is 1. The zero-order valence-corrected chi connectivity index (χ0v) is 13.8. The third kappa shape index (κ3) is 4.76. The van der Waals surface area contributed by atoms with Gasteiger partial charge in [0.05, 0.1) is 4.92 Å². The maximum Gasteiger partial charge on any atom is 0.326 e. The van der Waals surface area contributed by atoms with Crippen LogP contribution < -0.4 is 5.32 Å². The van der Waals surface area contributed by atoms with E-state index in [1.165, 1.54) is 43.3 Å². The van der Waals surface area contributed by atoms with Crippen molar-refractivity contribution in [3.8, 4) is 0 Å². The predicted molar refractivity (Wildman–Crippen MR) is 91.2 cm³/mol. The highest BCUT2D eigenvalue weighted by atomic mass is 19.1. The average Bonchev–Trinajstić information content (AvgIpc) is 2.61. The van der Waals surface area contributed by atoms with Crippen LogP contribution in [0.15, 0.2) is 48.5 Å². The summed E-state index contributed by atoms with van der Waals surface area (Å²) in [6.07, 6.45) is 0. The van der Waals surface area contributed by atoms with Crippen molar-refractivity contribution in [3.63, 3.8) is 0 Å². The number of nitrogens with one attached hydrogen (secondary N) is 1. The van der Waals surface area contributed by atoms with E-state index < -0.39 is 28.8 Å². The average molecular weight is 361 g/mol. The summed E-state index contributed by atoms with van der Waals surface area (Å²) < 4.78 is 12.9. The van der Waals surface area contributed by atoms with E-state index in [9.17, 15) is 29.2 Å². The van der Waals surface area contributed by atoms with E-state index in [0.717, 1.165) is 17.0 Å². The van der Waals surface area contributed by atoms with Gasteiger partial charge in [-0.1, -0.05) is 12.1 Å². The first-order valence-electron chi connectivity index (χ1n) is 7.57. The topological polar surface area (TPSA) is 113 Å². The molecule has 136 valence electrons. The monoisotopic (exact) mass is 361 g/mol. The molecule has 26 heavy (non-hydrogen) atoms. The number of non-ortho nitro benzene ring substituents is 1. The van der Waals surface area contributed by atoms with Crippen LogP contribution in [0.4, 0.5) is 20.6 Å². The van der Waals surface area contributed by atoms with Crippen LogP contribution in [0.5, 0.6) is 0 Å². The Labute approximate surface area is 148 Å². The SMILES string of the molecule is C[C@@H](C(=O)O)N(Cc1ccc([N+](=O)[O-])cc1)C(=O)Nc1ccc(F)cc1. The van der Waals surface area contributed by atoms with Crippen LogP contribution in [-0.2, 0) is 11.3 Å². The summed E-state index contributed by atoms with van der Waals surface area (Å²) in [6, 6.07) is 8.64. The largest absolute Gasteiger partial charge is 0.480 e. The van der Waals surface area contributed by atoms with E-state index in [1.807, 2.05) is 0 Å². The third-order valence-electron chi connectivity index (χ3n) is 3.68. The molecule has 0 heterocycles.